The number of tetrazole rings is 1. The Balaban J connectivity index is 2.92. The van der Waals surface area contributed by atoms with E-state index in [0.29, 0.717) is 0 Å². The van der Waals surface area contributed by atoms with Crippen molar-refractivity contribution >= 4 is 22.6 Å². The second-order valence-electron chi connectivity index (χ2n) is 1.26. The summed E-state index contributed by atoms with van der Waals surface area (Å²) in [6, 6.07) is 0. The van der Waals surface area contributed by atoms with Crippen LogP contribution in [0.1, 0.15) is 6.92 Å². The van der Waals surface area contributed by atoms with Gasteiger partial charge in [-0.3, -0.25) is 0 Å². The Kier molecular flexibility index (Phi) is 1.77. The van der Waals surface area contributed by atoms with Crippen LogP contribution in [0.3, 0.4) is 0 Å². The molecule has 0 aliphatic heterocycles. The third-order valence-electron chi connectivity index (χ3n) is 0.788. The highest BCUT2D eigenvalue weighted by atomic mass is 127. The second kappa shape index (κ2) is 2.38. The fraction of sp³-hybridized carbons (Fsp3) is 0.667. The molecule has 0 spiro atoms. The predicted octanol–water partition coefficient (Wildman–Crippen LogP) is 0.298. The van der Waals surface area contributed by atoms with Gasteiger partial charge in [-0.1, -0.05) is 0 Å². The van der Waals surface area contributed by atoms with Crippen molar-refractivity contribution in [2.24, 2.45) is 0 Å². The minimum Gasteiger partial charge on any atom is -0.221 e. The van der Waals surface area contributed by atoms with Gasteiger partial charge in [-0.05, 0) is 17.4 Å². The highest BCUT2D eigenvalue weighted by Crippen LogP contribution is 1.93. The van der Waals surface area contributed by atoms with E-state index >= 15 is 0 Å². The van der Waals surface area contributed by atoms with Crippen LogP contribution in [0.15, 0.2) is 0 Å². The van der Waals surface area contributed by atoms with Crippen LogP contribution in [-0.2, 0) is 6.54 Å². The van der Waals surface area contributed by atoms with E-state index < -0.39 is 0 Å². The Hall–Kier alpha value is -0.200. The number of aryl methyl sites for hydroxylation is 1. The molecule has 0 aromatic carbocycles. The van der Waals surface area contributed by atoms with E-state index in [1.165, 1.54) is 0 Å². The van der Waals surface area contributed by atoms with Crippen LogP contribution in [0.5, 0.6) is 0 Å². The molecule has 0 N–H and O–H groups in total. The third kappa shape index (κ3) is 0.960. The third-order valence-corrected chi connectivity index (χ3v) is 1.56. The van der Waals surface area contributed by atoms with Crippen LogP contribution < -0.4 is 0 Å². The summed E-state index contributed by atoms with van der Waals surface area (Å²) in [5.41, 5.74) is 0. The highest BCUT2D eigenvalue weighted by molar-refractivity contribution is 14.1. The number of aromatic nitrogens is 4. The molecule has 8 heavy (non-hydrogen) atoms. The lowest BCUT2D eigenvalue weighted by Crippen LogP contribution is -1.98. The summed E-state index contributed by atoms with van der Waals surface area (Å²) in [5.74, 6) is 0. The lowest BCUT2D eigenvalue weighted by molar-refractivity contribution is 0.614. The molecule has 0 aliphatic carbocycles. The van der Waals surface area contributed by atoms with Crippen LogP contribution in [0.4, 0.5) is 0 Å². The molecule has 0 saturated heterocycles. The van der Waals surface area contributed by atoms with Gasteiger partial charge < -0.3 is 0 Å². The fourth-order valence-electron chi connectivity index (χ4n) is 0.387. The molecule has 0 bridgehead atoms. The van der Waals surface area contributed by atoms with Crippen molar-refractivity contribution in [2.75, 3.05) is 0 Å². The Bertz CT molecular complexity index is 172. The first kappa shape index (κ1) is 5.93. The number of hydrogen-bond donors (Lipinski definition) is 0. The molecule has 0 aliphatic rings. The van der Waals surface area contributed by atoms with Crippen molar-refractivity contribution in [1.29, 1.82) is 0 Å². The lowest BCUT2D eigenvalue weighted by atomic mass is 10.8. The van der Waals surface area contributed by atoms with E-state index in [2.05, 4.69) is 38.1 Å². The van der Waals surface area contributed by atoms with Crippen LogP contribution in [0, 0.1) is 3.83 Å². The molecule has 0 amide bonds. The molecule has 1 rings (SSSR count). The maximum absolute atomic E-state index is 3.68. The SMILES string of the molecule is CCn1nnnc1I. The Labute approximate surface area is 60.4 Å². The van der Waals surface area contributed by atoms with E-state index in [1.807, 2.05) is 6.92 Å². The average molecular weight is 224 g/mol. The fourth-order valence-corrected chi connectivity index (χ4v) is 0.922. The molecule has 0 unspecified atom stereocenters. The van der Waals surface area contributed by atoms with Gasteiger partial charge >= 0.3 is 0 Å². The summed E-state index contributed by atoms with van der Waals surface area (Å²) >= 11 is 2.08. The number of rotatable bonds is 1. The highest BCUT2D eigenvalue weighted by Gasteiger charge is 1.94. The Morgan fingerprint density at radius 3 is 2.75 bits per heavy atom. The van der Waals surface area contributed by atoms with Crippen molar-refractivity contribution in [3.05, 3.63) is 3.83 Å². The first-order valence-corrected chi connectivity index (χ1v) is 3.34. The second-order valence-corrected chi connectivity index (χ2v) is 2.23. The monoisotopic (exact) mass is 224 g/mol. The topological polar surface area (TPSA) is 43.6 Å². The van der Waals surface area contributed by atoms with Gasteiger partial charge in [0.25, 0.3) is 0 Å². The van der Waals surface area contributed by atoms with E-state index in [0.717, 1.165) is 10.4 Å². The zero-order valence-electron chi connectivity index (χ0n) is 4.37. The van der Waals surface area contributed by atoms with Gasteiger partial charge in [-0.15, -0.1) is 5.10 Å². The molecule has 1 heterocycles. The van der Waals surface area contributed by atoms with Crippen LogP contribution >= 0.6 is 22.6 Å². The smallest absolute Gasteiger partial charge is 0.212 e. The zero-order chi connectivity index (χ0) is 5.98. The molecular formula is C3H5IN4. The Morgan fingerprint density at radius 2 is 2.50 bits per heavy atom. The zero-order valence-corrected chi connectivity index (χ0v) is 6.53. The summed E-state index contributed by atoms with van der Waals surface area (Å²) in [5, 5.41) is 10.8. The standard InChI is InChI=1S/C3H5IN4/c1-2-8-3(4)5-6-7-8/h2H2,1H3. The molecule has 0 fully saturated rings. The van der Waals surface area contributed by atoms with Crippen molar-refractivity contribution in [1.82, 2.24) is 20.2 Å². The van der Waals surface area contributed by atoms with Gasteiger partial charge in [-0.2, -0.15) is 0 Å². The molecule has 0 atom stereocenters. The van der Waals surface area contributed by atoms with E-state index in [9.17, 15) is 0 Å². The average Bonchev–Trinajstić information content (AvgIpc) is 2.14. The van der Waals surface area contributed by atoms with Crippen molar-refractivity contribution in [3.63, 3.8) is 0 Å². The van der Waals surface area contributed by atoms with Gasteiger partial charge in [0.05, 0.1) is 0 Å². The lowest BCUT2D eigenvalue weighted by Gasteiger charge is -1.88. The Morgan fingerprint density at radius 1 is 1.75 bits per heavy atom. The number of nitrogens with zero attached hydrogens (tertiary/aromatic N) is 4. The summed E-state index contributed by atoms with van der Waals surface area (Å²) in [4.78, 5) is 0. The minimum atomic E-state index is 0.838. The molecule has 0 radical (unpaired) electrons. The number of halogens is 1. The van der Waals surface area contributed by atoms with E-state index in [4.69, 9.17) is 0 Å². The van der Waals surface area contributed by atoms with Crippen LogP contribution in [0.25, 0.3) is 0 Å². The number of hydrogen-bond acceptors (Lipinski definition) is 3. The van der Waals surface area contributed by atoms with Gasteiger partial charge in [0.15, 0.2) is 0 Å². The summed E-state index contributed by atoms with van der Waals surface area (Å²) in [6.07, 6.45) is 0. The first-order chi connectivity index (χ1) is 3.84. The predicted molar refractivity (Wildman–Crippen MR) is 36.2 cm³/mol. The van der Waals surface area contributed by atoms with Crippen molar-refractivity contribution in [2.45, 2.75) is 13.5 Å². The molecule has 44 valence electrons. The summed E-state index contributed by atoms with van der Waals surface area (Å²) < 4.78 is 2.56. The van der Waals surface area contributed by atoms with Crippen LogP contribution in [-0.4, -0.2) is 20.2 Å². The molecule has 1 aromatic rings. The van der Waals surface area contributed by atoms with Gasteiger partial charge in [0, 0.05) is 29.1 Å². The van der Waals surface area contributed by atoms with Crippen molar-refractivity contribution < 1.29 is 0 Å². The molecule has 5 heteroatoms. The van der Waals surface area contributed by atoms with Gasteiger partial charge in [-0.25, -0.2) is 4.68 Å². The van der Waals surface area contributed by atoms with Gasteiger partial charge in [0.2, 0.25) is 3.83 Å². The maximum Gasteiger partial charge on any atom is 0.212 e. The van der Waals surface area contributed by atoms with Crippen LogP contribution in [0.2, 0.25) is 0 Å². The maximum atomic E-state index is 3.68. The first-order valence-electron chi connectivity index (χ1n) is 2.26. The van der Waals surface area contributed by atoms with E-state index in [-0.39, 0.29) is 0 Å². The largest absolute Gasteiger partial charge is 0.221 e. The van der Waals surface area contributed by atoms with E-state index in [1.54, 1.807) is 4.68 Å². The molecule has 4 nitrogen and oxygen atoms in total. The molecule has 1 aromatic heterocycles. The van der Waals surface area contributed by atoms with Crippen molar-refractivity contribution in [3.8, 4) is 0 Å². The normalized spacial score (nSPS) is 9.75. The summed E-state index contributed by atoms with van der Waals surface area (Å²) in [7, 11) is 0. The summed E-state index contributed by atoms with van der Waals surface area (Å²) in [6.45, 7) is 2.84. The minimum absolute atomic E-state index is 0.838. The quantitative estimate of drug-likeness (QED) is 0.644. The van der Waals surface area contributed by atoms with Gasteiger partial charge in [0.1, 0.15) is 0 Å². The molecule has 0 saturated carbocycles. The molecular weight excluding hydrogens is 219 g/mol.